The van der Waals surface area contributed by atoms with Crippen molar-refractivity contribution in [1.29, 1.82) is 0 Å². The quantitative estimate of drug-likeness (QED) is 0.783. The molecule has 1 aliphatic carbocycles. The predicted molar refractivity (Wildman–Crippen MR) is 88.5 cm³/mol. The zero-order valence-corrected chi connectivity index (χ0v) is 14.8. The number of hydrogen-bond donors (Lipinski definition) is 0. The Morgan fingerprint density at radius 1 is 0.773 bits per heavy atom. The van der Waals surface area contributed by atoms with Gasteiger partial charge in [-0.25, -0.2) is 0 Å². The highest BCUT2D eigenvalue weighted by Crippen LogP contribution is 2.59. The van der Waals surface area contributed by atoms with Crippen LogP contribution in [-0.4, -0.2) is 47.4 Å². The van der Waals surface area contributed by atoms with Gasteiger partial charge in [-0.3, -0.25) is 14.6 Å². The lowest BCUT2D eigenvalue weighted by molar-refractivity contribution is -0.256. The lowest BCUT2D eigenvalue weighted by Gasteiger charge is -2.73. The van der Waals surface area contributed by atoms with Gasteiger partial charge in [0.05, 0.1) is 16.5 Å². The smallest absolute Gasteiger partial charge is 0.150 e. The molecule has 0 aromatic carbocycles. The third-order valence-electron chi connectivity index (χ3n) is 7.84. The molecule has 0 aromatic heterocycles. The minimum absolute atomic E-state index is 0.108. The molecule has 1 saturated carbocycles. The van der Waals surface area contributed by atoms with Crippen LogP contribution in [-0.2, 0) is 4.79 Å². The molecule has 5 aliphatic rings. The fourth-order valence-corrected chi connectivity index (χ4v) is 6.15. The summed E-state index contributed by atoms with van der Waals surface area (Å²) in [7, 11) is 0. The molecule has 4 heterocycles. The topological polar surface area (TPSA) is 23.6 Å². The second kappa shape index (κ2) is 4.57. The van der Waals surface area contributed by atoms with Gasteiger partial charge < -0.3 is 0 Å². The molecule has 124 valence electrons. The van der Waals surface area contributed by atoms with Crippen molar-refractivity contribution in [2.45, 2.75) is 65.5 Å². The molecule has 0 N–H and O–H groups in total. The molecule has 3 heteroatoms. The van der Waals surface area contributed by atoms with Crippen LogP contribution in [0.1, 0.15) is 59.8 Å². The van der Waals surface area contributed by atoms with E-state index in [-0.39, 0.29) is 10.8 Å². The Balaban J connectivity index is 1.80. The van der Waals surface area contributed by atoms with Crippen LogP contribution in [0.25, 0.3) is 0 Å². The second-order valence-electron chi connectivity index (χ2n) is 9.21. The molecule has 0 unspecified atom stereocenters. The van der Waals surface area contributed by atoms with Gasteiger partial charge in [0.15, 0.2) is 5.78 Å². The Hall–Kier alpha value is -0.410. The van der Waals surface area contributed by atoms with Crippen molar-refractivity contribution < 1.29 is 4.79 Å². The van der Waals surface area contributed by atoms with E-state index in [1.54, 1.807) is 0 Å². The number of carbonyl (C=O) groups excluding carboxylic acids is 1. The summed E-state index contributed by atoms with van der Waals surface area (Å²) in [6.07, 6.45) is 6.77. The molecule has 1 spiro atoms. The predicted octanol–water partition coefficient (Wildman–Crippen LogP) is 3.15. The van der Waals surface area contributed by atoms with Crippen LogP contribution in [0.5, 0.6) is 0 Å². The summed E-state index contributed by atoms with van der Waals surface area (Å²) < 4.78 is 0. The fourth-order valence-electron chi connectivity index (χ4n) is 6.15. The Bertz CT molecular complexity index is 442. The summed E-state index contributed by atoms with van der Waals surface area (Å²) in [5, 5.41) is 0. The van der Waals surface area contributed by atoms with Gasteiger partial charge in [0, 0.05) is 26.2 Å². The van der Waals surface area contributed by atoms with Gasteiger partial charge in [-0.05, 0) is 24.7 Å². The second-order valence-corrected chi connectivity index (χ2v) is 9.21. The maximum Gasteiger partial charge on any atom is 0.150 e. The largest absolute Gasteiger partial charge is 0.298 e. The molecule has 0 atom stereocenters. The van der Waals surface area contributed by atoms with Crippen LogP contribution in [0.15, 0.2) is 0 Å². The number of hydrogen-bond acceptors (Lipinski definition) is 3. The summed E-state index contributed by atoms with van der Waals surface area (Å²) in [6, 6.07) is 0. The van der Waals surface area contributed by atoms with Crippen molar-refractivity contribution >= 4 is 5.78 Å². The van der Waals surface area contributed by atoms with Crippen molar-refractivity contribution in [2.24, 2.45) is 22.7 Å². The number of rotatable bonds is 2. The molecule has 3 nitrogen and oxygen atoms in total. The molecule has 22 heavy (non-hydrogen) atoms. The highest BCUT2D eigenvalue weighted by atomic mass is 16.1. The Kier molecular flexibility index (Phi) is 3.14. The standard InChI is InChI=1S/C19H32N2O/c1-14(2)17-10-20-12-18(15(3)4,16(17)22)13-21(11-17)19(20)8-6-5-7-9-19/h14-15H,5-13H2,1-4H3. The minimum atomic E-state index is -0.108. The van der Waals surface area contributed by atoms with Crippen LogP contribution in [0.3, 0.4) is 0 Å². The van der Waals surface area contributed by atoms with E-state index >= 15 is 0 Å². The van der Waals surface area contributed by atoms with E-state index in [4.69, 9.17) is 0 Å². The van der Waals surface area contributed by atoms with Crippen LogP contribution in [0.2, 0.25) is 0 Å². The van der Waals surface area contributed by atoms with Crippen molar-refractivity contribution in [3.05, 3.63) is 0 Å². The third-order valence-corrected chi connectivity index (χ3v) is 7.84. The van der Waals surface area contributed by atoms with E-state index in [2.05, 4.69) is 37.5 Å². The van der Waals surface area contributed by atoms with Crippen molar-refractivity contribution in [1.82, 2.24) is 9.80 Å². The average Bonchev–Trinajstić information content (AvgIpc) is 2.47. The van der Waals surface area contributed by atoms with Gasteiger partial charge in [0.2, 0.25) is 0 Å². The SMILES string of the molecule is CC(C)C12CN3CC(C(C)C)(CN(C1)C31CCCCC1)C2=O. The van der Waals surface area contributed by atoms with Crippen LogP contribution >= 0.6 is 0 Å². The molecular weight excluding hydrogens is 272 g/mol. The molecule has 0 radical (unpaired) electrons. The lowest BCUT2D eigenvalue weighted by atomic mass is 9.52. The summed E-state index contributed by atoms with van der Waals surface area (Å²) in [4.78, 5) is 19.0. The van der Waals surface area contributed by atoms with Crippen molar-refractivity contribution in [3.63, 3.8) is 0 Å². The van der Waals surface area contributed by atoms with Gasteiger partial charge in [-0.15, -0.1) is 0 Å². The third kappa shape index (κ3) is 1.57. The van der Waals surface area contributed by atoms with E-state index in [1.165, 1.54) is 32.1 Å². The number of ketones is 1. The Morgan fingerprint density at radius 2 is 1.18 bits per heavy atom. The zero-order valence-electron chi connectivity index (χ0n) is 14.8. The van der Waals surface area contributed by atoms with Crippen LogP contribution < -0.4 is 0 Å². The minimum Gasteiger partial charge on any atom is -0.298 e. The molecule has 0 aromatic rings. The van der Waals surface area contributed by atoms with E-state index in [9.17, 15) is 4.79 Å². The first kappa shape index (κ1) is 15.1. The van der Waals surface area contributed by atoms with Gasteiger partial charge in [0.25, 0.3) is 0 Å². The van der Waals surface area contributed by atoms with E-state index in [1.807, 2.05) is 0 Å². The van der Waals surface area contributed by atoms with E-state index in [0.29, 0.717) is 23.3 Å². The zero-order chi connectivity index (χ0) is 15.8. The van der Waals surface area contributed by atoms with E-state index < -0.39 is 0 Å². The number of piperidine rings is 2. The molecule has 4 saturated heterocycles. The van der Waals surface area contributed by atoms with E-state index in [0.717, 1.165) is 26.2 Å². The van der Waals surface area contributed by atoms with Gasteiger partial charge in [-0.2, -0.15) is 0 Å². The van der Waals surface area contributed by atoms with Crippen molar-refractivity contribution in [3.8, 4) is 0 Å². The normalized spacial score (nSPS) is 46.2. The fraction of sp³-hybridized carbons (Fsp3) is 0.947. The molecule has 0 amide bonds. The van der Waals surface area contributed by atoms with Gasteiger partial charge >= 0.3 is 0 Å². The number of Topliss-reactive ketones (excluding diaryl/α,β-unsaturated/α-hetero) is 1. The summed E-state index contributed by atoms with van der Waals surface area (Å²) in [5.74, 6) is 1.50. The maximum atomic E-state index is 13.5. The van der Waals surface area contributed by atoms with Crippen LogP contribution in [0, 0.1) is 22.7 Å². The highest BCUT2D eigenvalue weighted by Gasteiger charge is 2.70. The first-order valence-corrected chi connectivity index (χ1v) is 9.42. The first-order chi connectivity index (χ1) is 10.4. The van der Waals surface area contributed by atoms with Crippen molar-refractivity contribution in [2.75, 3.05) is 26.2 Å². The number of carbonyl (C=O) groups is 1. The average molecular weight is 304 g/mol. The molecule has 4 aliphatic heterocycles. The molecule has 5 rings (SSSR count). The lowest BCUT2D eigenvalue weighted by Crippen LogP contribution is -2.85. The Labute approximate surface area is 135 Å². The van der Waals surface area contributed by atoms with Gasteiger partial charge in [-0.1, -0.05) is 47.0 Å². The van der Waals surface area contributed by atoms with Gasteiger partial charge in [0.1, 0.15) is 0 Å². The van der Waals surface area contributed by atoms with Crippen LogP contribution in [0.4, 0.5) is 0 Å². The monoisotopic (exact) mass is 304 g/mol. The highest BCUT2D eigenvalue weighted by molar-refractivity contribution is 5.94. The molecule has 5 fully saturated rings. The summed E-state index contributed by atoms with van der Waals surface area (Å²) >= 11 is 0. The molecule has 4 bridgehead atoms. The molecular formula is C19H32N2O. The first-order valence-electron chi connectivity index (χ1n) is 9.42. The Morgan fingerprint density at radius 3 is 1.55 bits per heavy atom. The summed E-state index contributed by atoms with van der Waals surface area (Å²) in [6.45, 7) is 13.2. The number of nitrogens with zero attached hydrogens (tertiary/aromatic N) is 2. The maximum absolute atomic E-state index is 13.5. The summed E-state index contributed by atoms with van der Waals surface area (Å²) in [5.41, 5.74) is 0.0860.